The van der Waals surface area contributed by atoms with Gasteiger partial charge < -0.3 is 0 Å². The molecule has 0 radical (unpaired) electrons. The molecule has 0 atom stereocenters. The first-order valence-electron chi connectivity index (χ1n) is 33.5. The van der Waals surface area contributed by atoms with E-state index < -0.39 is 0 Å². The van der Waals surface area contributed by atoms with Crippen LogP contribution in [0.3, 0.4) is 0 Å². The number of rotatable bonds is 5. The molecule has 0 heterocycles. The van der Waals surface area contributed by atoms with E-state index in [4.69, 9.17) is 0 Å². The lowest BCUT2D eigenvalue weighted by Gasteiger charge is -2.29. The van der Waals surface area contributed by atoms with Crippen LogP contribution in [0.2, 0.25) is 0 Å². The lowest BCUT2D eigenvalue weighted by Crippen LogP contribution is -2.17. The molecule has 0 amide bonds. The van der Waals surface area contributed by atoms with Crippen LogP contribution in [0.25, 0.3) is 121 Å². The summed E-state index contributed by atoms with van der Waals surface area (Å²) in [7, 11) is 0. The zero-order valence-corrected chi connectivity index (χ0v) is 59.4. The van der Waals surface area contributed by atoms with Crippen molar-refractivity contribution < 1.29 is 0 Å². The van der Waals surface area contributed by atoms with Crippen molar-refractivity contribution in [3.63, 3.8) is 0 Å². The second-order valence-electron chi connectivity index (χ2n) is 35.8. The molecule has 0 fully saturated rings. The molecular weight excluding hydrogens is 1070 g/mol. The van der Waals surface area contributed by atoms with Crippen LogP contribution in [0.15, 0.2) is 140 Å². The van der Waals surface area contributed by atoms with Crippen LogP contribution in [0.4, 0.5) is 0 Å². The monoisotopic (exact) mass is 1170 g/mol. The lowest BCUT2D eigenvalue weighted by atomic mass is 9.75. The van der Waals surface area contributed by atoms with E-state index in [0.29, 0.717) is 5.92 Å². The van der Waals surface area contributed by atoms with Crippen LogP contribution >= 0.6 is 0 Å². The largest absolute Gasteiger partial charge is 0.0616 e. The SMILES string of the molecule is CC(C)c1ccc2c(-c3cc(C(C)(C)C)cc(C(C)(C)C)c3)c3c(c(-c4cc(C(C)(C)C)cc(C(C)(C)C)c4)c2c1)-c1ccc2c4c(ccc-3c14)-c1c-2c(-c2cc(C(C)(C)C)cc(C(C)(C)C)c2)c2ccccc2c1-c1cc(C(C)(C)C)cc(C(C)(C)C)c1. The van der Waals surface area contributed by atoms with Gasteiger partial charge in [0.2, 0.25) is 0 Å². The van der Waals surface area contributed by atoms with Crippen molar-refractivity contribution >= 4 is 32.3 Å². The predicted octanol–water partition coefficient (Wildman–Crippen LogP) is 26.6. The van der Waals surface area contributed by atoms with Crippen molar-refractivity contribution in [1.29, 1.82) is 0 Å². The molecule has 458 valence electrons. The quantitative estimate of drug-likeness (QED) is 0.161. The van der Waals surface area contributed by atoms with Crippen molar-refractivity contribution in [2.24, 2.45) is 0 Å². The Kier molecular flexibility index (Phi) is 14.1. The fraction of sp³-hybridized carbons (Fsp3) is 0.393. The number of hydrogen-bond donors (Lipinski definition) is 0. The van der Waals surface area contributed by atoms with Crippen LogP contribution in [0, 0.1) is 0 Å². The first-order valence-corrected chi connectivity index (χ1v) is 33.5. The van der Waals surface area contributed by atoms with Crippen molar-refractivity contribution in [2.75, 3.05) is 0 Å². The van der Waals surface area contributed by atoms with Crippen LogP contribution in [0.5, 0.6) is 0 Å². The first-order chi connectivity index (χ1) is 41.0. The third kappa shape index (κ3) is 10.5. The lowest BCUT2D eigenvalue weighted by molar-refractivity contribution is 0.568. The van der Waals surface area contributed by atoms with Gasteiger partial charge in [0.1, 0.15) is 0 Å². The minimum absolute atomic E-state index is 0.0715. The molecule has 0 unspecified atom stereocenters. The van der Waals surface area contributed by atoms with Gasteiger partial charge in [-0.2, -0.15) is 0 Å². The third-order valence-electron chi connectivity index (χ3n) is 20.3. The molecule has 0 bridgehead atoms. The normalized spacial score (nSPS) is 13.8. The van der Waals surface area contributed by atoms with Gasteiger partial charge in [-0.15, -0.1) is 0 Å². The highest BCUT2D eigenvalue weighted by Gasteiger charge is 2.39. The third-order valence-corrected chi connectivity index (χ3v) is 20.3. The second-order valence-corrected chi connectivity index (χ2v) is 35.8. The van der Waals surface area contributed by atoms with E-state index in [-0.39, 0.29) is 43.3 Å². The summed E-state index contributed by atoms with van der Waals surface area (Å²) in [5, 5.41) is 7.98. The second kappa shape index (κ2) is 20.2. The fourth-order valence-corrected chi connectivity index (χ4v) is 14.5. The molecule has 2 aliphatic rings. The molecule has 0 spiro atoms. The Morgan fingerprint density at radius 1 is 0.213 bits per heavy atom. The van der Waals surface area contributed by atoms with Crippen molar-refractivity contribution in [1.82, 2.24) is 0 Å². The van der Waals surface area contributed by atoms with E-state index in [1.165, 1.54) is 171 Å². The van der Waals surface area contributed by atoms with Gasteiger partial charge in [0, 0.05) is 0 Å². The van der Waals surface area contributed by atoms with Gasteiger partial charge in [0.15, 0.2) is 0 Å². The van der Waals surface area contributed by atoms with Crippen molar-refractivity contribution in [3.05, 3.63) is 190 Å². The summed E-state index contributed by atoms with van der Waals surface area (Å²) in [5.41, 5.74) is 33.0. The Morgan fingerprint density at radius 3 is 0.640 bits per heavy atom. The smallest absolute Gasteiger partial charge is 0.000740 e. The summed E-state index contributed by atoms with van der Waals surface area (Å²) in [6, 6.07) is 57.7. The summed E-state index contributed by atoms with van der Waals surface area (Å²) in [6.45, 7) is 62.0. The number of benzene rings is 10. The Bertz CT molecular complexity index is 4330. The molecule has 0 heteroatoms. The summed E-state index contributed by atoms with van der Waals surface area (Å²) >= 11 is 0. The van der Waals surface area contributed by atoms with Gasteiger partial charge in [0.05, 0.1) is 0 Å². The minimum Gasteiger partial charge on any atom is -0.0616 e. The van der Waals surface area contributed by atoms with Crippen LogP contribution in [-0.2, 0) is 43.3 Å². The summed E-state index contributed by atoms with van der Waals surface area (Å²) < 4.78 is 0. The minimum atomic E-state index is -0.0782. The van der Waals surface area contributed by atoms with Gasteiger partial charge in [-0.25, -0.2) is 0 Å². The molecule has 0 nitrogen and oxygen atoms in total. The standard InChI is InChI=1S/C89H102/c1-50(2)51-31-32-66-71(45-51)75(55-43-62(88(21,22)23)49-63(44-55)89(24,25)26)81-70-36-35-68-76-67(33-34-69(77(70)76)80(81)74(66)54-41-60(86(15,16)17)48-61(42-54)87(18,19)20)78-72(52-37-56(82(3,4)5)46-57(38-52)83(6,7)8)64-29-27-28-30-65(64)73(79(68)78)53-39-58(84(9,10)11)47-59(40-53)85(12,13)14/h27-50H,1-26H3. The van der Waals surface area contributed by atoms with E-state index in [1.54, 1.807) is 0 Å². The molecule has 0 saturated heterocycles. The Labute approximate surface area is 537 Å². The van der Waals surface area contributed by atoms with Gasteiger partial charge in [-0.1, -0.05) is 320 Å². The van der Waals surface area contributed by atoms with Crippen molar-refractivity contribution in [2.45, 2.75) is 229 Å². The van der Waals surface area contributed by atoms with E-state index >= 15 is 0 Å². The molecule has 0 aliphatic heterocycles. The molecule has 0 aromatic heterocycles. The van der Waals surface area contributed by atoms with Crippen LogP contribution in [-0.4, -0.2) is 0 Å². The van der Waals surface area contributed by atoms with Gasteiger partial charge in [-0.3, -0.25) is 0 Å². The Morgan fingerprint density at radius 2 is 0.427 bits per heavy atom. The van der Waals surface area contributed by atoms with Crippen molar-refractivity contribution in [3.8, 4) is 89.0 Å². The first kappa shape index (κ1) is 62.2. The molecule has 0 N–H and O–H groups in total. The highest BCUT2D eigenvalue weighted by Crippen LogP contribution is 2.65. The van der Waals surface area contributed by atoms with E-state index in [1.807, 2.05) is 0 Å². The Balaban J connectivity index is 1.32. The highest BCUT2D eigenvalue weighted by atomic mass is 14.4. The Hall–Kier alpha value is -7.02. The zero-order chi connectivity index (χ0) is 64.7. The fourth-order valence-electron chi connectivity index (χ4n) is 14.5. The molecule has 12 rings (SSSR count). The molecule has 10 aromatic carbocycles. The molecular formula is C89H102. The van der Waals surface area contributed by atoms with E-state index in [2.05, 4.69) is 320 Å². The zero-order valence-electron chi connectivity index (χ0n) is 59.4. The highest BCUT2D eigenvalue weighted by molar-refractivity contribution is 6.35. The topological polar surface area (TPSA) is 0 Å². The van der Waals surface area contributed by atoms with Gasteiger partial charge in [-0.05, 0) is 221 Å². The molecule has 89 heavy (non-hydrogen) atoms. The average molecular weight is 1170 g/mol. The summed E-state index contributed by atoms with van der Waals surface area (Å²) in [5.74, 6) is 0.344. The maximum Gasteiger partial charge on any atom is -0.000740 e. The van der Waals surface area contributed by atoms with Crippen LogP contribution < -0.4 is 0 Å². The maximum absolute atomic E-state index is 2.59. The summed E-state index contributed by atoms with van der Waals surface area (Å²) in [6.07, 6.45) is 0. The molecule has 2 aliphatic carbocycles. The maximum atomic E-state index is 2.59. The number of hydrogen-bond acceptors (Lipinski definition) is 0. The predicted molar refractivity (Wildman–Crippen MR) is 393 cm³/mol. The van der Waals surface area contributed by atoms with Gasteiger partial charge in [0.25, 0.3) is 0 Å². The molecule has 0 saturated carbocycles. The van der Waals surface area contributed by atoms with Crippen LogP contribution in [0.1, 0.15) is 236 Å². The number of fused-ring (bicyclic) bond motifs is 8. The van der Waals surface area contributed by atoms with Gasteiger partial charge >= 0.3 is 0 Å². The average Bonchev–Trinajstić information content (AvgIpc) is 1.54. The molecule has 10 aromatic rings. The van der Waals surface area contributed by atoms with E-state index in [9.17, 15) is 0 Å². The van der Waals surface area contributed by atoms with E-state index in [0.717, 1.165) is 0 Å². The summed E-state index contributed by atoms with van der Waals surface area (Å²) in [4.78, 5) is 0.